The topological polar surface area (TPSA) is 109 Å². The van der Waals surface area contributed by atoms with Gasteiger partial charge >= 0.3 is 0 Å². The SMILES string of the molecule is CCCCCNc1ccc(F)c(C(=O)c2c[nH]c3ncnc(NN)c23)c1F. The van der Waals surface area contributed by atoms with E-state index in [2.05, 4.69) is 32.6 Å². The van der Waals surface area contributed by atoms with Crippen LogP contribution in [0.5, 0.6) is 0 Å². The summed E-state index contributed by atoms with van der Waals surface area (Å²) >= 11 is 0. The van der Waals surface area contributed by atoms with Crippen molar-refractivity contribution in [2.45, 2.75) is 26.2 Å². The number of halogens is 2. The Morgan fingerprint density at radius 1 is 1.26 bits per heavy atom. The van der Waals surface area contributed by atoms with Crippen LogP contribution in [0.15, 0.2) is 24.7 Å². The third-order valence-corrected chi connectivity index (χ3v) is 4.27. The Morgan fingerprint density at radius 2 is 2.07 bits per heavy atom. The second-order valence-electron chi connectivity index (χ2n) is 6.04. The molecule has 0 atom stereocenters. The number of benzene rings is 1. The molecule has 7 nitrogen and oxygen atoms in total. The Bertz CT molecular complexity index is 972. The molecular weight excluding hydrogens is 354 g/mol. The zero-order valence-electron chi connectivity index (χ0n) is 14.8. The first kappa shape index (κ1) is 18.7. The first-order valence-corrected chi connectivity index (χ1v) is 8.63. The average Bonchev–Trinajstić information content (AvgIpc) is 3.11. The Morgan fingerprint density at radius 3 is 2.81 bits per heavy atom. The van der Waals surface area contributed by atoms with Gasteiger partial charge in [-0.15, -0.1) is 0 Å². The quantitative estimate of drug-likeness (QED) is 0.208. The number of hydrogen-bond acceptors (Lipinski definition) is 6. The molecule has 2 aromatic heterocycles. The van der Waals surface area contributed by atoms with Crippen LogP contribution in [-0.4, -0.2) is 27.3 Å². The maximum atomic E-state index is 14.9. The smallest absolute Gasteiger partial charge is 0.201 e. The van der Waals surface area contributed by atoms with Crippen LogP contribution >= 0.6 is 0 Å². The molecule has 9 heteroatoms. The molecule has 1 aromatic carbocycles. The van der Waals surface area contributed by atoms with E-state index in [0.29, 0.717) is 12.2 Å². The molecule has 0 aliphatic carbocycles. The molecule has 0 fully saturated rings. The molecular formula is C18H20F2N6O. The molecule has 0 spiro atoms. The van der Waals surface area contributed by atoms with Gasteiger partial charge in [0.2, 0.25) is 5.78 Å². The van der Waals surface area contributed by atoms with Gasteiger partial charge in [-0.3, -0.25) is 4.79 Å². The number of carbonyl (C=O) groups excluding carboxylic acids is 1. The van der Waals surface area contributed by atoms with E-state index < -0.39 is 23.0 Å². The monoisotopic (exact) mass is 374 g/mol. The van der Waals surface area contributed by atoms with Gasteiger partial charge in [-0.1, -0.05) is 19.8 Å². The Balaban J connectivity index is 2.00. The number of hydrazine groups is 1. The predicted octanol–water partition coefficient (Wildman–Crippen LogP) is 3.35. The van der Waals surface area contributed by atoms with E-state index in [4.69, 9.17) is 5.84 Å². The average molecular weight is 374 g/mol. The number of rotatable bonds is 8. The molecule has 0 aliphatic heterocycles. The molecule has 142 valence electrons. The number of hydrogen-bond donors (Lipinski definition) is 4. The minimum Gasteiger partial charge on any atom is -0.383 e. The van der Waals surface area contributed by atoms with Crippen LogP contribution in [0.1, 0.15) is 42.1 Å². The molecule has 0 saturated carbocycles. The van der Waals surface area contributed by atoms with E-state index in [-0.39, 0.29) is 22.5 Å². The summed E-state index contributed by atoms with van der Waals surface area (Å²) in [6, 6.07) is 2.37. The van der Waals surface area contributed by atoms with Crippen LogP contribution in [0.25, 0.3) is 11.0 Å². The minimum absolute atomic E-state index is 0.0273. The van der Waals surface area contributed by atoms with Crippen molar-refractivity contribution in [3.05, 3.63) is 47.4 Å². The summed E-state index contributed by atoms with van der Waals surface area (Å²) in [5.74, 6) is 2.92. The lowest BCUT2D eigenvalue weighted by molar-refractivity contribution is 0.103. The number of H-pyrrole nitrogens is 1. The number of fused-ring (bicyclic) bond motifs is 1. The van der Waals surface area contributed by atoms with Gasteiger partial charge in [0.05, 0.1) is 22.2 Å². The van der Waals surface area contributed by atoms with Gasteiger partial charge < -0.3 is 15.7 Å². The third-order valence-electron chi connectivity index (χ3n) is 4.27. The number of ketones is 1. The molecule has 3 rings (SSSR count). The number of aromatic nitrogens is 3. The molecule has 0 saturated heterocycles. The number of anilines is 2. The first-order chi connectivity index (χ1) is 13.1. The molecule has 3 aromatic rings. The van der Waals surface area contributed by atoms with E-state index in [1.54, 1.807) is 0 Å². The Labute approximate surface area is 154 Å². The number of nitrogens with one attached hydrogen (secondary N) is 3. The van der Waals surface area contributed by atoms with E-state index in [0.717, 1.165) is 25.3 Å². The summed E-state index contributed by atoms with van der Waals surface area (Å²) in [4.78, 5) is 23.6. The second-order valence-corrected chi connectivity index (χ2v) is 6.04. The van der Waals surface area contributed by atoms with Crippen LogP contribution < -0.4 is 16.6 Å². The lowest BCUT2D eigenvalue weighted by Crippen LogP contribution is -2.13. The van der Waals surface area contributed by atoms with Gasteiger partial charge in [0.25, 0.3) is 0 Å². The van der Waals surface area contributed by atoms with Crippen molar-refractivity contribution in [2.75, 3.05) is 17.3 Å². The Hall–Kier alpha value is -3.07. The van der Waals surface area contributed by atoms with Crippen molar-refractivity contribution in [3.8, 4) is 0 Å². The minimum atomic E-state index is -0.940. The molecule has 27 heavy (non-hydrogen) atoms. The van der Waals surface area contributed by atoms with Crippen molar-refractivity contribution < 1.29 is 13.6 Å². The standard InChI is InChI=1S/C18H20F2N6O/c1-2-3-4-7-22-12-6-5-11(19)14(15(12)20)16(27)10-8-23-17-13(10)18(26-21)25-9-24-17/h5-6,8-9,22H,2-4,7,21H2,1H3,(H2,23,24,25,26). The summed E-state index contributed by atoms with van der Waals surface area (Å²) in [5, 5.41) is 3.19. The fourth-order valence-electron chi connectivity index (χ4n) is 2.88. The summed E-state index contributed by atoms with van der Waals surface area (Å²) < 4.78 is 29.2. The van der Waals surface area contributed by atoms with Crippen LogP contribution in [0.4, 0.5) is 20.3 Å². The summed E-state index contributed by atoms with van der Waals surface area (Å²) in [7, 11) is 0. The molecule has 0 unspecified atom stereocenters. The fourth-order valence-corrected chi connectivity index (χ4v) is 2.88. The van der Waals surface area contributed by atoms with Gasteiger partial charge in [0, 0.05) is 12.7 Å². The highest BCUT2D eigenvalue weighted by atomic mass is 19.1. The van der Waals surface area contributed by atoms with Gasteiger partial charge in [-0.2, -0.15) is 0 Å². The van der Waals surface area contributed by atoms with Crippen LogP contribution in [0.2, 0.25) is 0 Å². The molecule has 0 amide bonds. The largest absolute Gasteiger partial charge is 0.383 e. The number of nitrogen functional groups attached to an aromatic ring is 1. The summed E-state index contributed by atoms with van der Waals surface area (Å²) in [6.45, 7) is 2.59. The van der Waals surface area contributed by atoms with E-state index in [9.17, 15) is 13.6 Å². The molecule has 2 heterocycles. The molecule has 5 N–H and O–H groups in total. The molecule has 0 bridgehead atoms. The highest BCUT2D eigenvalue weighted by Crippen LogP contribution is 2.29. The van der Waals surface area contributed by atoms with Crippen LogP contribution in [0.3, 0.4) is 0 Å². The predicted molar refractivity (Wildman–Crippen MR) is 99.5 cm³/mol. The lowest BCUT2D eigenvalue weighted by Gasteiger charge is -2.11. The zero-order chi connectivity index (χ0) is 19.4. The first-order valence-electron chi connectivity index (χ1n) is 8.63. The van der Waals surface area contributed by atoms with Crippen molar-refractivity contribution >= 4 is 28.3 Å². The maximum absolute atomic E-state index is 14.9. The van der Waals surface area contributed by atoms with Crippen molar-refractivity contribution in [3.63, 3.8) is 0 Å². The normalized spacial score (nSPS) is 11.0. The van der Waals surface area contributed by atoms with Gasteiger partial charge in [-0.25, -0.2) is 24.6 Å². The van der Waals surface area contributed by atoms with Gasteiger partial charge in [-0.05, 0) is 18.6 Å². The highest BCUT2D eigenvalue weighted by molar-refractivity contribution is 6.18. The molecule has 0 aliphatic rings. The second kappa shape index (κ2) is 8.09. The zero-order valence-corrected chi connectivity index (χ0v) is 14.8. The van der Waals surface area contributed by atoms with E-state index >= 15 is 0 Å². The van der Waals surface area contributed by atoms with Crippen molar-refractivity contribution in [1.29, 1.82) is 0 Å². The van der Waals surface area contributed by atoms with Crippen LogP contribution in [0, 0.1) is 11.6 Å². The van der Waals surface area contributed by atoms with Crippen molar-refractivity contribution in [2.24, 2.45) is 5.84 Å². The third kappa shape index (κ3) is 3.59. The van der Waals surface area contributed by atoms with E-state index in [1.165, 1.54) is 18.6 Å². The Kier molecular flexibility index (Phi) is 5.60. The number of nitrogens with two attached hydrogens (primary N) is 1. The fraction of sp³-hybridized carbons (Fsp3) is 0.278. The van der Waals surface area contributed by atoms with Gasteiger partial charge in [0.15, 0.2) is 11.6 Å². The number of aromatic amines is 1. The molecule has 0 radical (unpaired) electrons. The van der Waals surface area contributed by atoms with E-state index in [1.807, 2.05) is 0 Å². The highest BCUT2D eigenvalue weighted by Gasteiger charge is 2.25. The summed E-state index contributed by atoms with van der Waals surface area (Å²) in [5.41, 5.74) is 2.17. The number of unbranched alkanes of at least 4 members (excludes halogenated alkanes) is 2. The van der Waals surface area contributed by atoms with Crippen molar-refractivity contribution in [1.82, 2.24) is 15.0 Å². The number of nitrogens with zero attached hydrogens (tertiary/aromatic N) is 2. The maximum Gasteiger partial charge on any atom is 0.201 e. The van der Waals surface area contributed by atoms with Crippen LogP contribution in [-0.2, 0) is 0 Å². The van der Waals surface area contributed by atoms with Gasteiger partial charge in [0.1, 0.15) is 17.8 Å². The lowest BCUT2D eigenvalue weighted by atomic mass is 10.0. The number of carbonyl (C=O) groups is 1. The summed E-state index contributed by atoms with van der Waals surface area (Å²) in [6.07, 6.45) is 5.46.